The van der Waals surface area contributed by atoms with Crippen LogP contribution in [0.4, 0.5) is 0 Å². The minimum absolute atomic E-state index is 0.0458. The van der Waals surface area contributed by atoms with Crippen molar-refractivity contribution in [2.45, 2.75) is 45.2 Å². The largest absolute Gasteiger partial charge is 0.395 e. The summed E-state index contributed by atoms with van der Waals surface area (Å²) in [6, 6.07) is 14.5. The number of pyridine rings is 1. The van der Waals surface area contributed by atoms with Gasteiger partial charge in [-0.2, -0.15) is 0 Å². The maximum absolute atomic E-state index is 13.9. The molecule has 0 unspecified atom stereocenters. The van der Waals surface area contributed by atoms with Crippen molar-refractivity contribution in [2.24, 2.45) is 5.92 Å². The molecule has 222 valence electrons. The molecule has 12 heteroatoms. The number of aliphatic hydroxyl groups excluding tert-OH is 1. The second-order valence-corrected chi connectivity index (χ2v) is 11.3. The quantitative estimate of drug-likeness (QED) is 0.243. The zero-order chi connectivity index (χ0) is 30.1. The Morgan fingerprint density at radius 1 is 1.07 bits per heavy atom. The van der Waals surface area contributed by atoms with E-state index in [0.717, 1.165) is 36.7 Å². The molecule has 11 nitrogen and oxygen atoms in total. The van der Waals surface area contributed by atoms with Crippen LogP contribution in [0.2, 0.25) is 5.02 Å². The van der Waals surface area contributed by atoms with Crippen LogP contribution in [0.5, 0.6) is 0 Å². The molecule has 3 heterocycles. The van der Waals surface area contributed by atoms with Gasteiger partial charge in [0.15, 0.2) is 11.3 Å². The van der Waals surface area contributed by atoms with E-state index in [2.05, 4.69) is 20.8 Å². The van der Waals surface area contributed by atoms with E-state index >= 15 is 0 Å². The molecular formula is C31H31ClN6O5. The van der Waals surface area contributed by atoms with Crippen LogP contribution >= 0.6 is 11.6 Å². The van der Waals surface area contributed by atoms with Crippen molar-refractivity contribution in [2.75, 3.05) is 13.2 Å². The maximum atomic E-state index is 13.9. The van der Waals surface area contributed by atoms with Crippen LogP contribution in [0.25, 0.3) is 27.7 Å². The summed E-state index contributed by atoms with van der Waals surface area (Å²) in [5.41, 5.74) is 3.64. The number of hydrogen-bond donors (Lipinski definition) is 3. The summed E-state index contributed by atoms with van der Waals surface area (Å²) in [4.78, 5) is 43.3. The summed E-state index contributed by atoms with van der Waals surface area (Å²) < 4.78 is 8.90. The van der Waals surface area contributed by atoms with E-state index in [4.69, 9.17) is 21.2 Å². The molecule has 0 radical (unpaired) electrons. The average molecular weight is 603 g/mol. The number of aromatic nitrogens is 4. The van der Waals surface area contributed by atoms with Gasteiger partial charge in [0, 0.05) is 31.4 Å². The van der Waals surface area contributed by atoms with Gasteiger partial charge in [0.2, 0.25) is 0 Å². The number of nitrogens with one attached hydrogen (secondary N) is 2. The Morgan fingerprint density at radius 2 is 1.84 bits per heavy atom. The van der Waals surface area contributed by atoms with E-state index < -0.39 is 5.91 Å². The summed E-state index contributed by atoms with van der Waals surface area (Å²) in [7, 11) is 0. The SMILES string of the molecule is Cc1ncc(Cl)cc1C(=O)NC1CCC(Cn2c(=O)n(-c3ccc4c(C(=O)NCCO)noc4c3)c3ccccc32)CC1. The third kappa shape index (κ3) is 5.65. The van der Waals surface area contributed by atoms with Gasteiger partial charge in [-0.25, -0.2) is 4.79 Å². The Morgan fingerprint density at radius 3 is 2.60 bits per heavy atom. The normalized spacial score (nSPS) is 16.9. The Balaban J connectivity index is 1.20. The highest BCUT2D eigenvalue weighted by Gasteiger charge is 2.26. The Bertz CT molecular complexity index is 1880. The molecule has 3 aromatic heterocycles. The van der Waals surface area contributed by atoms with Crippen molar-refractivity contribution in [1.29, 1.82) is 0 Å². The molecule has 43 heavy (non-hydrogen) atoms. The Kier molecular flexibility index (Phi) is 8.00. The van der Waals surface area contributed by atoms with Gasteiger partial charge in [-0.3, -0.25) is 23.7 Å². The molecule has 0 atom stereocenters. The van der Waals surface area contributed by atoms with Gasteiger partial charge in [-0.15, -0.1) is 0 Å². The maximum Gasteiger partial charge on any atom is 0.333 e. The number of fused-ring (bicyclic) bond motifs is 2. The van der Waals surface area contributed by atoms with Crippen LogP contribution in [-0.2, 0) is 6.54 Å². The number of para-hydroxylation sites is 2. The number of halogens is 1. The molecule has 1 saturated carbocycles. The van der Waals surface area contributed by atoms with E-state index in [0.29, 0.717) is 39.5 Å². The molecule has 2 amide bonds. The lowest BCUT2D eigenvalue weighted by atomic mass is 9.85. The summed E-state index contributed by atoms with van der Waals surface area (Å²) in [5.74, 6) is -0.339. The van der Waals surface area contributed by atoms with Crippen LogP contribution in [-0.4, -0.2) is 55.4 Å². The highest BCUT2D eigenvalue weighted by atomic mass is 35.5. The van der Waals surface area contributed by atoms with Crippen LogP contribution in [0.15, 0.2) is 64.0 Å². The molecule has 2 aromatic carbocycles. The van der Waals surface area contributed by atoms with E-state index in [9.17, 15) is 14.4 Å². The summed E-state index contributed by atoms with van der Waals surface area (Å²) in [6.07, 6.45) is 4.90. The third-order valence-corrected chi connectivity index (χ3v) is 8.29. The van der Waals surface area contributed by atoms with Gasteiger partial charge < -0.3 is 20.3 Å². The first-order valence-electron chi connectivity index (χ1n) is 14.3. The fourth-order valence-corrected chi connectivity index (χ4v) is 6.02. The molecule has 1 aliphatic carbocycles. The number of imidazole rings is 1. The monoisotopic (exact) mass is 602 g/mol. The number of nitrogens with zero attached hydrogens (tertiary/aromatic N) is 4. The van der Waals surface area contributed by atoms with Crippen molar-refractivity contribution in [1.82, 2.24) is 29.9 Å². The van der Waals surface area contributed by atoms with Crippen LogP contribution in [0.3, 0.4) is 0 Å². The first kappa shape index (κ1) is 28.6. The second-order valence-electron chi connectivity index (χ2n) is 10.9. The van der Waals surface area contributed by atoms with Crippen molar-refractivity contribution in [3.8, 4) is 5.69 Å². The fourth-order valence-electron chi connectivity index (χ4n) is 5.86. The van der Waals surface area contributed by atoms with Crippen molar-refractivity contribution >= 4 is 45.4 Å². The highest BCUT2D eigenvalue weighted by Crippen LogP contribution is 2.29. The first-order valence-corrected chi connectivity index (χ1v) is 14.6. The second kappa shape index (κ2) is 12.0. The average Bonchev–Trinajstić information content (AvgIpc) is 3.56. The molecule has 1 fully saturated rings. The molecule has 1 aliphatic rings. The van der Waals surface area contributed by atoms with Gasteiger partial charge in [-0.1, -0.05) is 28.9 Å². The number of aliphatic hydroxyl groups is 1. The van der Waals surface area contributed by atoms with Crippen LogP contribution in [0, 0.1) is 12.8 Å². The first-order chi connectivity index (χ1) is 20.8. The van der Waals surface area contributed by atoms with E-state index in [1.807, 2.05) is 28.8 Å². The standard InChI is InChI=1S/C31H31ClN6O5/c1-18-24(14-20(32)16-34-18)29(40)35-21-8-6-19(7-9-21)17-37-25-4-2-3-5-26(25)38(31(37)42)22-10-11-23-27(15-22)43-36-28(23)30(41)33-12-13-39/h2-5,10-11,14-16,19,21,39H,6-9,12-13,17H2,1H3,(H,33,41)(H,35,40). The van der Waals surface area contributed by atoms with Gasteiger partial charge in [0.25, 0.3) is 11.8 Å². The van der Waals surface area contributed by atoms with E-state index in [1.54, 1.807) is 35.8 Å². The fraction of sp³-hybridized carbons (Fsp3) is 0.323. The molecule has 0 bridgehead atoms. The zero-order valence-electron chi connectivity index (χ0n) is 23.5. The Hall–Kier alpha value is -4.48. The predicted octanol–water partition coefficient (Wildman–Crippen LogP) is 4.00. The summed E-state index contributed by atoms with van der Waals surface area (Å²) in [6.45, 7) is 2.27. The van der Waals surface area contributed by atoms with Gasteiger partial charge in [0.05, 0.1) is 45.0 Å². The summed E-state index contributed by atoms with van der Waals surface area (Å²) >= 11 is 6.05. The number of aryl methyl sites for hydroxylation is 1. The highest BCUT2D eigenvalue weighted by molar-refractivity contribution is 6.30. The van der Waals surface area contributed by atoms with Crippen molar-refractivity contribution in [3.05, 3.63) is 87.2 Å². The number of rotatable bonds is 8. The molecule has 5 aromatic rings. The minimum Gasteiger partial charge on any atom is -0.395 e. The van der Waals surface area contributed by atoms with Crippen LogP contribution in [0.1, 0.15) is 52.2 Å². The lowest BCUT2D eigenvalue weighted by Gasteiger charge is -2.29. The Labute approximate surface area is 251 Å². The predicted molar refractivity (Wildman–Crippen MR) is 162 cm³/mol. The number of carbonyl (C=O) groups is 2. The van der Waals surface area contributed by atoms with E-state index in [-0.39, 0.29) is 42.4 Å². The molecule has 0 spiro atoms. The minimum atomic E-state index is -0.444. The number of carbonyl (C=O) groups excluding carboxylic acids is 2. The smallest absolute Gasteiger partial charge is 0.333 e. The zero-order valence-corrected chi connectivity index (χ0v) is 24.3. The molecular weight excluding hydrogens is 572 g/mol. The van der Waals surface area contributed by atoms with Gasteiger partial charge >= 0.3 is 5.69 Å². The van der Waals surface area contributed by atoms with Crippen molar-refractivity contribution < 1.29 is 19.2 Å². The molecule has 0 aliphatic heterocycles. The van der Waals surface area contributed by atoms with Gasteiger partial charge in [-0.05, 0) is 68.9 Å². The van der Waals surface area contributed by atoms with Gasteiger partial charge in [0.1, 0.15) is 0 Å². The topological polar surface area (TPSA) is 144 Å². The third-order valence-electron chi connectivity index (χ3n) is 8.08. The lowest BCUT2D eigenvalue weighted by Crippen LogP contribution is -2.39. The molecule has 0 saturated heterocycles. The van der Waals surface area contributed by atoms with Crippen molar-refractivity contribution in [3.63, 3.8) is 0 Å². The molecule has 6 rings (SSSR count). The van der Waals surface area contributed by atoms with E-state index in [1.165, 1.54) is 6.20 Å². The number of benzene rings is 2. The lowest BCUT2D eigenvalue weighted by molar-refractivity contribution is 0.0916. The molecule has 3 N–H and O–H groups in total. The number of hydrogen-bond acceptors (Lipinski definition) is 7. The van der Waals surface area contributed by atoms with Crippen LogP contribution < -0.4 is 16.3 Å². The summed E-state index contributed by atoms with van der Waals surface area (Å²) in [5, 5.41) is 19.5. The number of amides is 2.